The third kappa shape index (κ3) is 1.99. The van der Waals surface area contributed by atoms with Crippen molar-refractivity contribution in [3.63, 3.8) is 0 Å². The summed E-state index contributed by atoms with van der Waals surface area (Å²) in [6.45, 7) is 0.201. The summed E-state index contributed by atoms with van der Waals surface area (Å²) < 4.78 is 11.5. The Morgan fingerprint density at radius 1 is 1.14 bits per heavy atom. The fourth-order valence-corrected chi connectivity index (χ4v) is 2.82. The van der Waals surface area contributed by atoms with Crippen LogP contribution in [0.2, 0.25) is 0 Å². The van der Waals surface area contributed by atoms with Crippen LogP contribution in [0.4, 0.5) is 0 Å². The minimum atomic E-state index is -0.167. The zero-order valence-electron chi connectivity index (χ0n) is 10.7. The molecule has 21 heavy (non-hydrogen) atoms. The molecular formula is C15H9BrN2O3. The van der Waals surface area contributed by atoms with Crippen LogP contribution in [0.3, 0.4) is 0 Å². The molecule has 1 aliphatic rings. The third-order valence-electron chi connectivity index (χ3n) is 3.33. The van der Waals surface area contributed by atoms with Crippen molar-refractivity contribution in [2.24, 2.45) is 0 Å². The van der Waals surface area contributed by atoms with E-state index in [1.54, 1.807) is 12.1 Å². The molecule has 0 unspecified atom stereocenters. The van der Waals surface area contributed by atoms with E-state index in [0.29, 0.717) is 28.2 Å². The second-order valence-corrected chi connectivity index (χ2v) is 5.47. The average Bonchev–Trinajstić information content (AvgIpc) is 2.93. The van der Waals surface area contributed by atoms with Gasteiger partial charge in [-0.05, 0) is 40.2 Å². The number of para-hydroxylation sites is 1. The fraction of sp³-hybridized carbons (Fsp3) is 0.0667. The predicted octanol–water partition coefficient (Wildman–Crippen LogP) is 3.08. The number of halogens is 1. The predicted molar refractivity (Wildman–Crippen MR) is 81.6 cm³/mol. The first-order valence-corrected chi connectivity index (χ1v) is 7.10. The number of nitrogens with zero attached hydrogens (tertiary/aromatic N) is 1. The SMILES string of the molecule is O=c1[nH]c(-c2cc3c(cc2Br)OCO3)nc2ccccc12. The summed E-state index contributed by atoms with van der Waals surface area (Å²) in [6.07, 6.45) is 0. The Hall–Kier alpha value is -2.34. The molecule has 0 bridgehead atoms. The number of ether oxygens (including phenoxy) is 2. The summed E-state index contributed by atoms with van der Waals surface area (Å²) in [6, 6.07) is 10.9. The number of rotatable bonds is 1. The maximum Gasteiger partial charge on any atom is 0.259 e. The van der Waals surface area contributed by atoms with Gasteiger partial charge in [-0.15, -0.1) is 0 Å². The Labute approximate surface area is 127 Å². The number of aromatic amines is 1. The molecule has 0 spiro atoms. The number of benzene rings is 2. The Balaban J connectivity index is 1.97. The molecule has 0 saturated heterocycles. The molecule has 0 saturated carbocycles. The van der Waals surface area contributed by atoms with Crippen molar-refractivity contribution in [3.05, 3.63) is 51.2 Å². The van der Waals surface area contributed by atoms with Gasteiger partial charge in [0.1, 0.15) is 5.82 Å². The normalized spacial score (nSPS) is 12.8. The van der Waals surface area contributed by atoms with E-state index < -0.39 is 0 Å². The first kappa shape index (κ1) is 12.4. The molecular weight excluding hydrogens is 336 g/mol. The molecule has 0 aliphatic carbocycles. The Bertz CT molecular complexity index is 920. The molecule has 3 aromatic rings. The maximum atomic E-state index is 12.2. The largest absolute Gasteiger partial charge is 0.454 e. The minimum Gasteiger partial charge on any atom is -0.454 e. The lowest BCUT2D eigenvalue weighted by Gasteiger charge is -2.07. The lowest BCUT2D eigenvalue weighted by atomic mass is 10.1. The molecule has 1 N–H and O–H groups in total. The van der Waals surface area contributed by atoms with E-state index >= 15 is 0 Å². The van der Waals surface area contributed by atoms with Gasteiger partial charge in [0.15, 0.2) is 11.5 Å². The number of hydrogen-bond acceptors (Lipinski definition) is 4. The monoisotopic (exact) mass is 344 g/mol. The highest BCUT2D eigenvalue weighted by Gasteiger charge is 2.18. The van der Waals surface area contributed by atoms with Crippen LogP contribution < -0.4 is 15.0 Å². The first-order valence-electron chi connectivity index (χ1n) is 6.31. The number of H-pyrrole nitrogens is 1. The van der Waals surface area contributed by atoms with Crippen molar-refractivity contribution in [1.82, 2.24) is 9.97 Å². The van der Waals surface area contributed by atoms with Gasteiger partial charge in [0.2, 0.25) is 6.79 Å². The molecule has 104 valence electrons. The Kier molecular flexibility index (Phi) is 2.71. The molecule has 0 fully saturated rings. The van der Waals surface area contributed by atoms with Gasteiger partial charge in [0.05, 0.1) is 10.9 Å². The lowest BCUT2D eigenvalue weighted by Crippen LogP contribution is -2.09. The highest BCUT2D eigenvalue weighted by Crippen LogP contribution is 2.40. The first-order chi connectivity index (χ1) is 10.2. The molecule has 2 heterocycles. The molecule has 1 aromatic heterocycles. The fourth-order valence-electron chi connectivity index (χ4n) is 2.31. The van der Waals surface area contributed by atoms with Gasteiger partial charge in [0, 0.05) is 10.0 Å². The highest BCUT2D eigenvalue weighted by atomic mass is 79.9. The van der Waals surface area contributed by atoms with Gasteiger partial charge in [-0.1, -0.05) is 12.1 Å². The van der Waals surface area contributed by atoms with Crippen molar-refractivity contribution < 1.29 is 9.47 Å². The van der Waals surface area contributed by atoms with Crippen LogP contribution in [0.1, 0.15) is 0 Å². The van der Waals surface area contributed by atoms with Crippen molar-refractivity contribution in [3.8, 4) is 22.9 Å². The van der Waals surface area contributed by atoms with Crippen LogP contribution in [-0.2, 0) is 0 Å². The van der Waals surface area contributed by atoms with Gasteiger partial charge in [-0.25, -0.2) is 4.98 Å². The van der Waals surface area contributed by atoms with E-state index in [-0.39, 0.29) is 12.4 Å². The van der Waals surface area contributed by atoms with Crippen LogP contribution in [0.5, 0.6) is 11.5 Å². The second-order valence-electron chi connectivity index (χ2n) is 4.62. The third-order valence-corrected chi connectivity index (χ3v) is 3.99. The van der Waals surface area contributed by atoms with Crippen LogP contribution in [0.15, 0.2) is 45.7 Å². The summed E-state index contributed by atoms with van der Waals surface area (Å²) in [5, 5.41) is 0.568. The summed E-state index contributed by atoms with van der Waals surface area (Å²) in [7, 11) is 0. The quantitative estimate of drug-likeness (QED) is 0.736. The standard InChI is InChI=1S/C15H9BrN2O3/c16-10-6-13-12(20-7-21-13)5-9(10)14-17-11-4-2-1-3-8(11)15(19)18-14/h1-6H,7H2,(H,17,18,19). The smallest absolute Gasteiger partial charge is 0.259 e. The van der Waals surface area contributed by atoms with Crippen LogP contribution in [-0.4, -0.2) is 16.8 Å². The number of nitrogens with one attached hydrogen (secondary N) is 1. The number of fused-ring (bicyclic) bond motifs is 2. The van der Waals surface area contributed by atoms with E-state index in [9.17, 15) is 4.79 Å². The van der Waals surface area contributed by atoms with Crippen LogP contribution in [0, 0.1) is 0 Å². The zero-order chi connectivity index (χ0) is 14.4. The van der Waals surface area contributed by atoms with Gasteiger partial charge in [0.25, 0.3) is 5.56 Å². The highest BCUT2D eigenvalue weighted by molar-refractivity contribution is 9.10. The molecule has 5 nitrogen and oxygen atoms in total. The number of aromatic nitrogens is 2. The van der Waals surface area contributed by atoms with E-state index in [0.717, 1.165) is 10.0 Å². The van der Waals surface area contributed by atoms with Gasteiger partial charge < -0.3 is 14.5 Å². The van der Waals surface area contributed by atoms with Crippen molar-refractivity contribution >= 4 is 26.8 Å². The number of hydrogen-bond donors (Lipinski definition) is 1. The van der Waals surface area contributed by atoms with Crippen LogP contribution in [0.25, 0.3) is 22.3 Å². The Morgan fingerprint density at radius 2 is 1.90 bits per heavy atom. The summed E-state index contributed by atoms with van der Waals surface area (Å²) in [5.41, 5.74) is 1.24. The molecule has 0 radical (unpaired) electrons. The summed E-state index contributed by atoms with van der Waals surface area (Å²) >= 11 is 3.48. The van der Waals surface area contributed by atoms with Gasteiger partial charge in [-0.2, -0.15) is 0 Å². The minimum absolute atomic E-state index is 0.167. The van der Waals surface area contributed by atoms with Crippen molar-refractivity contribution in [2.75, 3.05) is 6.79 Å². The topological polar surface area (TPSA) is 64.2 Å². The van der Waals surface area contributed by atoms with Crippen LogP contribution >= 0.6 is 15.9 Å². The lowest BCUT2D eigenvalue weighted by molar-refractivity contribution is 0.174. The van der Waals surface area contributed by atoms with E-state index in [1.165, 1.54) is 0 Å². The van der Waals surface area contributed by atoms with E-state index in [2.05, 4.69) is 25.9 Å². The van der Waals surface area contributed by atoms with Gasteiger partial charge in [-0.3, -0.25) is 4.79 Å². The van der Waals surface area contributed by atoms with E-state index in [1.807, 2.05) is 24.3 Å². The molecule has 1 aliphatic heterocycles. The maximum absolute atomic E-state index is 12.2. The second kappa shape index (κ2) is 4.60. The molecule has 0 atom stereocenters. The van der Waals surface area contributed by atoms with Crippen molar-refractivity contribution in [2.45, 2.75) is 0 Å². The Morgan fingerprint density at radius 3 is 2.76 bits per heavy atom. The zero-order valence-corrected chi connectivity index (χ0v) is 12.3. The molecule has 6 heteroatoms. The molecule has 0 amide bonds. The summed E-state index contributed by atoms with van der Waals surface area (Å²) in [5.74, 6) is 1.81. The summed E-state index contributed by atoms with van der Waals surface area (Å²) in [4.78, 5) is 19.5. The molecule has 4 rings (SSSR count). The van der Waals surface area contributed by atoms with Gasteiger partial charge >= 0.3 is 0 Å². The van der Waals surface area contributed by atoms with E-state index in [4.69, 9.17) is 9.47 Å². The average molecular weight is 345 g/mol. The van der Waals surface area contributed by atoms with Crippen molar-refractivity contribution in [1.29, 1.82) is 0 Å². The molecule has 2 aromatic carbocycles.